The SMILES string of the molecule is NCCC1CCN(C(=O)CCn2ccnn2)CC1. The number of piperidine rings is 1. The Morgan fingerprint density at radius 3 is 2.78 bits per heavy atom. The molecule has 1 aliphatic rings. The first-order chi connectivity index (χ1) is 8.79. The predicted molar refractivity (Wildman–Crippen MR) is 67.6 cm³/mol. The first-order valence-electron chi connectivity index (χ1n) is 6.61. The Labute approximate surface area is 107 Å². The van der Waals surface area contributed by atoms with E-state index in [0.717, 1.165) is 38.9 Å². The van der Waals surface area contributed by atoms with Crippen LogP contribution in [0.1, 0.15) is 25.7 Å². The van der Waals surface area contributed by atoms with Crippen LogP contribution in [-0.4, -0.2) is 45.4 Å². The van der Waals surface area contributed by atoms with Crippen LogP contribution in [0.4, 0.5) is 0 Å². The second-order valence-electron chi connectivity index (χ2n) is 4.82. The second kappa shape index (κ2) is 6.49. The number of carbonyl (C=O) groups is 1. The van der Waals surface area contributed by atoms with Crippen molar-refractivity contribution in [1.29, 1.82) is 0 Å². The Bertz CT molecular complexity index is 357. The quantitative estimate of drug-likeness (QED) is 0.814. The molecule has 0 spiro atoms. The van der Waals surface area contributed by atoms with Crippen molar-refractivity contribution in [2.24, 2.45) is 11.7 Å². The molecule has 1 saturated heterocycles. The summed E-state index contributed by atoms with van der Waals surface area (Å²) in [6.07, 6.45) is 7.17. The van der Waals surface area contributed by atoms with Crippen LogP contribution in [0, 0.1) is 5.92 Å². The van der Waals surface area contributed by atoms with Gasteiger partial charge in [-0.1, -0.05) is 5.21 Å². The molecule has 0 aromatic carbocycles. The maximum absolute atomic E-state index is 12.0. The van der Waals surface area contributed by atoms with Crippen LogP contribution >= 0.6 is 0 Å². The third kappa shape index (κ3) is 3.53. The standard InChI is InChI=1S/C12H21N5O/c13-5-1-11-2-7-16(8-3-11)12(18)4-9-17-10-6-14-15-17/h6,10-11H,1-5,7-9,13H2. The number of aryl methyl sites for hydroxylation is 1. The number of nitrogens with two attached hydrogens (primary N) is 1. The fourth-order valence-electron chi connectivity index (χ4n) is 2.43. The van der Waals surface area contributed by atoms with Crippen molar-refractivity contribution in [2.45, 2.75) is 32.2 Å². The summed E-state index contributed by atoms with van der Waals surface area (Å²) in [4.78, 5) is 14.0. The molecule has 6 heteroatoms. The topological polar surface area (TPSA) is 77.0 Å². The lowest BCUT2D eigenvalue weighted by Crippen LogP contribution is -2.39. The Balaban J connectivity index is 1.70. The van der Waals surface area contributed by atoms with E-state index in [9.17, 15) is 4.79 Å². The number of aromatic nitrogens is 3. The molecule has 0 atom stereocenters. The first kappa shape index (κ1) is 13.0. The second-order valence-corrected chi connectivity index (χ2v) is 4.82. The Morgan fingerprint density at radius 2 is 2.17 bits per heavy atom. The van der Waals surface area contributed by atoms with Crippen LogP contribution in [-0.2, 0) is 11.3 Å². The molecule has 2 heterocycles. The van der Waals surface area contributed by atoms with E-state index in [2.05, 4.69) is 10.3 Å². The third-order valence-electron chi connectivity index (χ3n) is 3.57. The van der Waals surface area contributed by atoms with Crippen molar-refractivity contribution in [2.75, 3.05) is 19.6 Å². The fraction of sp³-hybridized carbons (Fsp3) is 0.750. The van der Waals surface area contributed by atoms with E-state index in [4.69, 9.17) is 5.73 Å². The number of amides is 1. The molecular weight excluding hydrogens is 230 g/mol. The Morgan fingerprint density at radius 1 is 1.39 bits per heavy atom. The number of rotatable bonds is 5. The lowest BCUT2D eigenvalue weighted by atomic mass is 9.93. The smallest absolute Gasteiger partial charge is 0.224 e. The Kier molecular flexibility index (Phi) is 4.69. The number of carbonyl (C=O) groups excluding carboxylic acids is 1. The van der Waals surface area contributed by atoms with Gasteiger partial charge in [0.2, 0.25) is 5.91 Å². The van der Waals surface area contributed by atoms with Gasteiger partial charge in [-0.2, -0.15) is 0 Å². The molecule has 1 aromatic heterocycles. The molecule has 0 radical (unpaired) electrons. The number of hydrogen-bond acceptors (Lipinski definition) is 4. The molecule has 0 aliphatic carbocycles. The van der Waals surface area contributed by atoms with Crippen molar-refractivity contribution < 1.29 is 4.79 Å². The van der Waals surface area contributed by atoms with Gasteiger partial charge in [0.1, 0.15) is 0 Å². The zero-order valence-corrected chi connectivity index (χ0v) is 10.7. The van der Waals surface area contributed by atoms with Crippen molar-refractivity contribution in [3.8, 4) is 0 Å². The average Bonchev–Trinajstić information content (AvgIpc) is 2.90. The minimum Gasteiger partial charge on any atom is -0.343 e. The molecule has 6 nitrogen and oxygen atoms in total. The van der Waals surface area contributed by atoms with Gasteiger partial charge >= 0.3 is 0 Å². The van der Waals surface area contributed by atoms with Gasteiger partial charge in [0, 0.05) is 25.7 Å². The predicted octanol–water partition coefficient (Wildman–Crippen LogP) is 0.256. The van der Waals surface area contributed by atoms with Gasteiger partial charge < -0.3 is 10.6 Å². The molecule has 1 amide bonds. The van der Waals surface area contributed by atoms with Gasteiger partial charge in [0.05, 0.1) is 12.7 Å². The highest BCUT2D eigenvalue weighted by Gasteiger charge is 2.21. The highest BCUT2D eigenvalue weighted by Crippen LogP contribution is 2.20. The van der Waals surface area contributed by atoms with Crippen LogP contribution in [0.3, 0.4) is 0 Å². The van der Waals surface area contributed by atoms with Crippen molar-refractivity contribution in [3.05, 3.63) is 12.4 Å². The van der Waals surface area contributed by atoms with Crippen molar-refractivity contribution in [3.63, 3.8) is 0 Å². The van der Waals surface area contributed by atoms with Gasteiger partial charge in [-0.15, -0.1) is 5.10 Å². The van der Waals surface area contributed by atoms with E-state index in [1.807, 2.05) is 4.90 Å². The minimum atomic E-state index is 0.219. The zero-order chi connectivity index (χ0) is 12.8. The van der Waals surface area contributed by atoms with E-state index in [-0.39, 0.29) is 5.91 Å². The van der Waals surface area contributed by atoms with E-state index in [1.165, 1.54) is 0 Å². The van der Waals surface area contributed by atoms with Crippen molar-refractivity contribution in [1.82, 2.24) is 19.9 Å². The number of likely N-dealkylation sites (tertiary alicyclic amines) is 1. The molecule has 2 N–H and O–H groups in total. The molecule has 1 aromatic rings. The molecule has 18 heavy (non-hydrogen) atoms. The summed E-state index contributed by atoms with van der Waals surface area (Å²) in [6.45, 7) is 3.12. The van der Waals surface area contributed by atoms with E-state index < -0.39 is 0 Å². The van der Waals surface area contributed by atoms with Gasteiger partial charge in [-0.05, 0) is 31.7 Å². The fourth-order valence-corrected chi connectivity index (χ4v) is 2.43. The van der Waals surface area contributed by atoms with E-state index in [1.54, 1.807) is 17.1 Å². The van der Waals surface area contributed by atoms with Crippen LogP contribution < -0.4 is 5.73 Å². The summed E-state index contributed by atoms with van der Waals surface area (Å²) in [7, 11) is 0. The molecule has 0 unspecified atom stereocenters. The normalized spacial score (nSPS) is 17.1. The summed E-state index contributed by atoms with van der Waals surface area (Å²) in [5, 5.41) is 7.57. The highest BCUT2D eigenvalue weighted by molar-refractivity contribution is 5.76. The van der Waals surface area contributed by atoms with Gasteiger partial charge in [0.15, 0.2) is 0 Å². The molecule has 1 fully saturated rings. The summed E-state index contributed by atoms with van der Waals surface area (Å²) in [5.74, 6) is 0.922. The van der Waals surface area contributed by atoms with Gasteiger partial charge in [-0.25, -0.2) is 0 Å². The lowest BCUT2D eigenvalue weighted by molar-refractivity contribution is -0.132. The molecule has 100 valence electrons. The van der Waals surface area contributed by atoms with E-state index >= 15 is 0 Å². The highest BCUT2D eigenvalue weighted by atomic mass is 16.2. The monoisotopic (exact) mass is 251 g/mol. The van der Waals surface area contributed by atoms with Crippen LogP contribution in [0.15, 0.2) is 12.4 Å². The summed E-state index contributed by atoms with van der Waals surface area (Å²) >= 11 is 0. The van der Waals surface area contributed by atoms with Crippen LogP contribution in [0.25, 0.3) is 0 Å². The summed E-state index contributed by atoms with van der Waals surface area (Å²) in [5.41, 5.74) is 5.56. The minimum absolute atomic E-state index is 0.219. The number of nitrogens with zero attached hydrogens (tertiary/aromatic N) is 4. The molecule has 2 rings (SSSR count). The third-order valence-corrected chi connectivity index (χ3v) is 3.57. The first-order valence-corrected chi connectivity index (χ1v) is 6.61. The molecule has 1 aliphatic heterocycles. The molecule has 0 saturated carbocycles. The maximum Gasteiger partial charge on any atom is 0.224 e. The number of hydrogen-bond donors (Lipinski definition) is 1. The lowest BCUT2D eigenvalue weighted by Gasteiger charge is -2.32. The van der Waals surface area contributed by atoms with Crippen LogP contribution in [0.2, 0.25) is 0 Å². The maximum atomic E-state index is 12.0. The molecule has 0 bridgehead atoms. The summed E-state index contributed by atoms with van der Waals surface area (Å²) in [6, 6.07) is 0. The van der Waals surface area contributed by atoms with Crippen molar-refractivity contribution >= 4 is 5.91 Å². The van der Waals surface area contributed by atoms with Gasteiger partial charge in [0.25, 0.3) is 0 Å². The van der Waals surface area contributed by atoms with Crippen LogP contribution in [0.5, 0.6) is 0 Å². The molecular formula is C12H21N5O. The Hall–Kier alpha value is -1.43. The zero-order valence-electron chi connectivity index (χ0n) is 10.7. The average molecular weight is 251 g/mol. The van der Waals surface area contributed by atoms with E-state index in [0.29, 0.717) is 18.9 Å². The summed E-state index contributed by atoms with van der Waals surface area (Å²) < 4.78 is 1.69. The largest absolute Gasteiger partial charge is 0.343 e. The van der Waals surface area contributed by atoms with Gasteiger partial charge in [-0.3, -0.25) is 9.48 Å².